The summed E-state index contributed by atoms with van der Waals surface area (Å²) >= 11 is 0. The first-order valence-corrected chi connectivity index (χ1v) is 11.9. The Labute approximate surface area is 202 Å². The molecular formula is C23H32F3N7O2. The number of aromatic nitrogens is 3. The molecule has 9 nitrogen and oxygen atoms in total. The van der Waals surface area contributed by atoms with Gasteiger partial charge in [0.1, 0.15) is 0 Å². The maximum absolute atomic E-state index is 12.6. The summed E-state index contributed by atoms with van der Waals surface area (Å²) in [4.78, 5) is 24.5. The van der Waals surface area contributed by atoms with Gasteiger partial charge in [-0.2, -0.15) is 28.1 Å². The lowest BCUT2D eigenvalue weighted by atomic mass is 10.1. The van der Waals surface area contributed by atoms with Crippen LogP contribution in [0.25, 0.3) is 0 Å². The number of carbonyl (C=O) groups is 1. The lowest BCUT2D eigenvalue weighted by molar-refractivity contribution is -0.154. The van der Waals surface area contributed by atoms with Crippen LogP contribution in [-0.2, 0) is 0 Å². The fraction of sp³-hybridized carbons (Fsp3) is 0.565. The second kappa shape index (κ2) is 13.7. The van der Waals surface area contributed by atoms with Crippen LogP contribution in [0.3, 0.4) is 0 Å². The second-order valence-electron chi connectivity index (χ2n) is 8.28. The minimum absolute atomic E-state index is 0.0303. The van der Waals surface area contributed by atoms with Crippen molar-refractivity contribution in [2.75, 3.05) is 43.4 Å². The highest BCUT2D eigenvalue weighted by Crippen LogP contribution is 2.20. The summed E-state index contributed by atoms with van der Waals surface area (Å²) in [5.41, 5.74) is 1.05. The van der Waals surface area contributed by atoms with Crippen LogP contribution in [-0.4, -0.2) is 59.8 Å². The number of anilines is 3. The summed E-state index contributed by atoms with van der Waals surface area (Å²) in [6.45, 7) is 1.47. The number of nitrogens with zero attached hydrogens (tertiary/aromatic N) is 3. The van der Waals surface area contributed by atoms with Gasteiger partial charge in [0.15, 0.2) is 6.61 Å². The summed E-state index contributed by atoms with van der Waals surface area (Å²) in [5.74, 6) is -0.0210. The van der Waals surface area contributed by atoms with Crippen molar-refractivity contribution in [1.29, 1.82) is 0 Å². The number of ether oxygens (including phenoxy) is 1. The van der Waals surface area contributed by atoms with Gasteiger partial charge in [-0.05, 0) is 56.6 Å². The van der Waals surface area contributed by atoms with Crippen molar-refractivity contribution < 1.29 is 22.7 Å². The minimum atomic E-state index is -4.51. The van der Waals surface area contributed by atoms with Gasteiger partial charge in [-0.3, -0.25) is 4.79 Å². The van der Waals surface area contributed by atoms with E-state index in [1.165, 1.54) is 0 Å². The number of hydrogen-bond acceptors (Lipinski definition) is 8. The highest BCUT2D eigenvalue weighted by molar-refractivity contribution is 5.94. The molecule has 0 aliphatic carbocycles. The van der Waals surface area contributed by atoms with Gasteiger partial charge in [0.25, 0.3) is 5.91 Å². The van der Waals surface area contributed by atoms with Crippen LogP contribution >= 0.6 is 0 Å². The largest absolute Gasteiger partial charge is 0.454 e. The molecule has 0 atom stereocenters. The third kappa shape index (κ3) is 10.3. The third-order valence-corrected chi connectivity index (χ3v) is 5.26. The van der Waals surface area contributed by atoms with Crippen molar-refractivity contribution in [3.05, 3.63) is 29.8 Å². The van der Waals surface area contributed by atoms with Crippen LogP contribution in [0, 0.1) is 0 Å². The number of amides is 1. The molecule has 0 fully saturated rings. The number of alkyl halides is 3. The molecule has 2 aliphatic heterocycles. The van der Waals surface area contributed by atoms with Crippen molar-refractivity contribution in [1.82, 2.24) is 25.6 Å². The Balaban J connectivity index is 1.71. The van der Waals surface area contributed by atoms with E-state index in [1.807, 2.05) is 0 Å². The zero-order chi connectivity index (χ0) is 24.9. The molecule has 1 amide bonds. The van der Waals surface area contributed by atoms with Crippen LogP contribution in [0.5, 0.6) is 6.01 Å². The molecule has 1 aromatic carbocycles. The third-order valence-electron chi connectivity index (χ3n) is 5.26. The van der Waals surface area contributed by atoms with Crippen LogP contribution in [0.2, 0.25) is 0 Å². The lowest BCUT2D eigenvalue weighted by Gasteiger charge is -2.12. The van der Waals surface area contributed by atoms with Crippen LogP contribution in [0.15, 0.2) is 24.3 Å². The Hall–Kier alpha value is -3.15. The van der Waals surface area contributed by atoms with E-state index in [0.717, 1.165) is 58.0 Å². The molecule has 12 heteroatoms. The smallest absolute Gasteiger partial charge is 0.422 e. The number of rotatable bonds is 2. The lowest BCUT2D eigenvalue weighted by Crippen LogP contribution is -2.27. The normalized spacial score (nSPS) is 17.1. The number of halogens is 3. The fourth-order valence-electron chi connectivity index (χ4n) is 3.46. The summed E-state index contributed by atoms with van der Waals surface area (Å²) < 4.78 is 42.6. The molecule has 4 bridgehead atoms. The average Bonchev–Trinajstić information content (AvgIpc) is 2.82. The van der Waals surface area contributed by atoms with Crippen molar-refractivity contribution in [2.24, 2.45) is 0 Å². The molecule has 0 unspecified atom stereocenters. The van der Waals surface area contributed by atoms with Crippen molar-refractivity contribution >= 4 is 23.5 Å². The monoisotopic (exact) mass is 495 g/mol. The van der Waals surface area contributed by atoms with Gasteiger partial charge in [-0.1, -0.05) is 25.7 Å². The van der Waals surface area contributed by atoms with E-state index in [2.05, 4.69) is 36.2 Å². The van der Waals surface area contributed by atoms with E-state index in [0.29, 0.717) is 24.3 Å². The minimum Gasteiger partial charge on any atom is -0.454 e. The van der Waals surface area contributed by atoms with Gasteiger partial charge in [-0.15, -0.1) is 0 Å². The van der Waals surface area contributed by atoms with E-state index in [9.17, 15) is 18.0 Å². The van der Waals surface area contributed by atoms with Crippen molar-refractivity contribution in [3.8, 4) is 6.01 Å². The van der Waals surface area contributed by atoms with Crippen LogP contribution in [0.4, 0.5) is 30.8 Å². The Morgan fingerprint density at radius 3 is 2.14 bits per heavy atom. The van der Waals surface area contributed by atoms with Crippen LogP contribution < -0.4 is 26.0 Å². The summed E-state index contributed by atoms with van der Waals surface area (Å²) in [5, 5.41) is 12.3. The predicted octanol–water partition coefficient (Wildman–Crippen LogP) is 4.03. The first-order valence-electron chi connectivity index (χ1n) is 11.9. The van der Waals surface area contributed by atoms with Gasteiger partial charge < -0.3 is 26.0 Å². The van der Waals surface area contributed by atoms with E-state index in [-0.39, 0.29) is 17.8 Å². The first kappa shape index (κ1) is 26.5. The summed E-state index contributed by atoms with van der Waals surface area (Å²) in [7, 11) is 0. The standard InChI is InChI=1S/C23H32F3N7O2/c24-23(25,26)16-35-22-32-20-29-14-6-4-2-1-3-5-12-27-13-7-15-28-19(34)17-8-10-18(11-9-17)30-21(31-20)33-22/h8-11,27H,1-7,12-16H2,(H,28,34)(H2,29,30,31,32,33). The maximum atomic E-state index is 12.6. The van der Waals surface area contributed by atoms with Gasteiger partial charge in [0.2, 0.25) is 11.9 Å². The topological polar surface area (TPSA) is 113 Å². The van der Waals surface area contributed by atoms with E-state index < -0.39 is 18.8 Å². The molecule has 0 saturated carbocycles. The molecule has 0 radical (unpaired) electrons. The molecule has 2 aromatic rings. The highest BCUT2D eigenvalue weighted by Gasteiger charge is 2.29. The first-order chi connectivity index (χ1) is 16.9. The summed E-state index contributed by atoms with van der Waals surface area (Å²) in [6.07, 6.45) is 2.75. The molecule has 0 saturated heterocycles. The quantitative estimate of drug-likeness (QED) is 0.494. The van der Waals surface area contributed by atoms with Crippen molar-refractivity contribution in [3.63, 3.8) is 0 Å². The Kier molecular flexibility index (Phi) is 10.3. The number of benzene rings is 1. The molecule has 2 aliphatic rings. The van der Waals surface area contributed by atoms with Gasteiger partial charge >= 0.3 is 12.2 Å². The Morgan fingerprint density at radius 1 is 0.771 bits per heavy atom. The molecule has 4 N–H and O–H groups in total. The van der Waals surface area contributed by atoms with E-state index >= 15 is 0 Å². The Morgan fingerprint density at radius 2 is 1.40 bits per heavy atom. The maximum Gasteiger partial charge on any atom is 0.422 e. The fourth-order valence-corrected chi connectivity index (χ4v) is 3.46. The molecule has 0 spiro atoms. The molecule has 3 heterocycles. The predicted molar refractivity (Wildman–Crippen MR) is 127 cm³/mol. The van der Waals surface area contributed by atoms with Gasteiger partial charge in [0, 0.05) is 24.3 Å². The second-order valence-corrected chi connectivity index (χ2v) is 8.28. The number of hydrogen-bond donors (Lipinski definition) is 4. The van der Waals surface area contributed by atoms with E-state index in [4.69, 9.17) is 4.74 Å². The molecule has 35 heavy (non-hydrogen) atoms. The number of fused-ring (bicyclic) bond motifs is 16. The summed E-state index contributed by atoms with van der Waals surface area (Å²) in [6, 6.07) is 6.19. The SMILES string of the molecule is O=C1NCCCNCCCCCCCCNc2nc(nc(OCC(F)(F)F)n2)Nc2ccc1cc2. The van der Waals surface area contributed by atoms with Gasteiger partial charge in [-0.25, -0.2) is 0 Å². The average molecular weight is 496 g/mol. The number of carbonyl (C=O) groups excluding carboxylic acids is 1. The molecule has 4 rings (SSSR count). The molecular weight excluding hydrogens is 463 g/mol. The highest BCUT2D eigenvalue weighted by atomic mass is 19.4. The van der Waals surface area contributed by atoms with Gasteiger partial charge in [0.05, 0.1) is 0 Å². The van der Waals surface area contributed by atoms with E-state index in [1.54, 1.807) is 24.3 Å². The van der Waals surface area contributed by atoms with Crippen molar-refractivity contribution in [2.45, 2.75) is 51.1 Å². The zero-order valence-corrected chi connectivity index (χ0v) is 19.6. The zero-order valence-electron chi connectivity index (χ0n) is 19.6. The Bertz CT molecular complexity index is 926. The number of nitrogens with one attached hydrogen (secondary N) is 4. The molecule has 192 valence electrons. The van der Waals surface area contributed by atoms with Crippen LogP contribution in [0.1, 0.15) is 55.3 Å². The molecule has 1 aromatic heterocycles.